The minimum Gasteiger partial charge on any atom is -0.488 e. The molecule has 1 fully saturated rings. The van der Waals surface area contributed by atoms with Crippen molar-refractivity contribution >= 4 is 61.9 Å². The molecular weight excluding hydrogens is 543 g/mol. The topological polar surface area (TPSA) is 72.7 Å². The molecule has 10 heteroatoms. The van der Waals surface area contributed by atoms with Gasteiger partial charge in [-0.25, -0.2) is 4.39 Å². The van der Waals surface area contributed by atoms with Gasteiger partial charge in [0.15, 0.2) is 0 Å². The van der Waals surface area contributed by atoms with Crippen molar-refractivity contribution in [3.63, 3.8) is 0 Å². The number of halogens is 2. The third-order valence-corrected chi connectivity index (χ3v) is 6.77. The molecule has 0 N–H and O–H groups in total. The lowest BCUT2D eigenvalue weighted by atomic mass is 10.1. The summed E-state index contributed by atoms with van der Waals surface area (Å²) >= 11 is 10.0. The number of thioether (sulfide) groups is 1. The van der Waals surface area contributed by atoms with Gasteiger partial charge >= 0.3 is 0 Å². The number of nitro groups is 1. The lowest BCUT2D eigenvalue weighted by Crippen LogP contribution is -2.27. The smallest absolute Gasteiger partial charge is 0.269 e. The minimum atomic E-state index is -0.456. The molecule has 4 rings (SSSR count). The van der Waals surface area contributed by atoms with E-state index >= 15 is 0 Å². The molecule has 3 aromatic rings. The number of benzene rings is 3. The van der Waals surface area contributed by atoms with Gasteiger partial charge in [-0.05, 0) is 47.5 Å². The highest BCUT2D eigenvalue weighted by atomic mass is 79.9. The quantitative estimate of drug-likeness (QED) is 0.143. The molecule has 0 aromatic heterocycles. The maximum absolute atomic E-state index is 13.2. The zero-order valence-corrected chi connectivity index (χ0v) is 20.7. The molecular formula is C24H16BrFN2O4S2. The monoisotopic (exact) mass is 558 g/mol. The van der Waals surface area contributed by atoms with E-state index in [9.17, 15) is 19.3 Å². The third-order valence-electron chi connectivity index (χ3n) is 4.90. The van der Waals surface area contributed by atoms with Crippen LogP contribution in [-0.4, -0.2) is 20.1 Å². The number of hydrogen-bond acceptors (Lipinski definition) is 6. The molecule has 3 aromatic carbocycles. The van der Waals surface area contributed by atoms with Crippen molar-refractivity contribution in [1.29, 1.82) is 0 Å². The van der Waals surface area contributed by atoms with Crippen LogP contribution in [0.2, 0.25) is 0 Å². The Kier molecular flexibility index (Phi) is 7.40. The molecule has 1 saturated heterocycles. The molecule has 0 unspecified atom stereocenters. The standard InChI is InChI=1S/C24H16BrFN2O4S2/c25-18-6-9-21(32-14-16-2-1-3-20(10-16)28(30)31)17(11-18)12-22-23(29)27(24(33)34-22)13-15-4-7-19(26)8-5-15/h1-12H,13-14H2. The van der Waals surface area contributed by atoms with Crippen molar-refractivity contribution in [1.82, 2.24) is 4.90 Å². The minimum absolute atomic E-state index is 0.0121. The number of thiocarbonyl (C=S) groups is 1. The van der Waals surface area contributed by atoms with Crippen molar-refractivity contribution in [2.75, 3.05) is 0 Å². The van der Waals surface area contributed by atoms with Crippen molar-refractivity contribution in [3.8, 4) is 5.75 Å². The molecule has 172 valence electrons. The van der Waals surface area contributed by atoms with Crippen LogP contribution >= 0.6 is 39.9 Å². The molecule has 0 atom stereocenters. The number of nitro benzene ring substituents is 1. The SMILES string of the molecule is O=C1C(=Cc2cc(Br)ccc2OCc2cccc([N+](=O)[O-])c2)SC(=S)N1Cc1ccc(F)cc1. The summed E-state index contributed by atoms with van der Waals surface area (Å²) in [4.78, 5) is 25.5. The van der Waals surface area contributed by atoms with Crippen LogP contribution in [0.1, 0.15) is 16.7 Å². The van der Waals surface area contributed by atoms with Crippen LogP contribution in [0.3, 0.4) is 0 Å². The average Bonchev–Trinajstić information content (AvgIpc) is 3.07. The predicted octanol–water partition coefficient (Wildman–Crippen LogP) is 6.48. The predicted molar refractivity (Wildman–Crippen MR) is 137 cm³/mol. The molecule has 6 nitrogen and oxygen atoms in total. The molecule has 1 aliphatic rings. The molecule has 0 bridgehead atoms. The van der Waals surface area contributed by atoms with E-state index in [1.54, 1.807) is 42.5 Å². The first-order chi connectivity index (χ1) is 16.3. The maximum atomic E-state index is 13.2. The van der Waals surface area contributed by atoms with Gasteiger partial charge in [-0.15, -0.1) is 0 Å². The first-order valence-electron chi connectivity index (χ1n) is 9.95. The number of hydrogen-bond donors (Lipinski definition) is 0. The number of ether oxygens (including phenoxy) is 1. The van der Waals surface area contributed by atoms with Crippen molar-refractivity contribution < 1.29 is 18.8 Å². The fourth-order valence-corrected chi connectivity index (χ4v) is 4.86. The van der Waals surface area contributed by atoms with E-state index in [4.69, 9.17) is 17.0 Å². The van der Waals surface area contributed by atoms with E-state index in [0.717, 1.165) is 10.0 Å². The van der Waals surface area contributed by atoms with Crippen molar-refractivity contribution in [2.24, 2.45) is 0 Å². The highest BCUT2D eigenvalue weighted by Gasteiger charge is 2.32. The van der Waals surface area contributed by atoms with Crippen LogP contribution in [0, 0.1) is 15.9 Å². The van der Waals surface area contributed by atoms with E-state index in [1.807, 2.05) is 6.07 Å². The number of non-ortho nitro benzene ring substituents is 1. The zero-order chi connectivity index (χ0) is 24.2. The Morgan fingerprint density at radius 2 is 1.88 bits per heavy atom. The summed E-state index contributed by atoms with van der Waals surface area (Å²) < 4.78 is 20.3. The van der Waals surface area contributed by atoms with Gasteiger partial charge in [0, 0.05) is 22.2 Å². The van der Waals surface area contributed by atoms with Crippen molar-refractivity contribution in [2.45, 2.75) is 13.2 Å². The Hall–Kier alpha value is -3.08. The molecule has 1 aliphatic heterocycles. The number of nitrogens with zero attached hydrogens (tertiary/aromatic N) is 2. The van der Waals surface area contributed by atoms with Gasteiger partial charge in [-0.1, -0.05) is 64.2 Å². The van der Waals surface area contributed by atoms with E-state index in [-0.39, 0.29) is 30.6 Å². The van der Waals surface area contributed by atoms with Crippen LogP contribution < -0.4 is 4.74 Å². The summed E-state index contributed by atoms with van der Waals surface area (Å²) in [5, 5.41) is 11.0. The Balaban J connectivity index is 1.54. The van der Waals surface area contributed by atoms with Gasteiger partial charge in [0.2, 0.25) is 0 Å². The second-order valence-electron chi connectivity index (χ2n) is 7.29. The summed E-state index contributed by atoms with van der Waals surface area (Å²) in [7, 11) is 0. The normalized spacial score (nSPS) is 14.6. The number of carbonyl (C=O) groups is 1. The highest BCUT2D eigenvalue weighted by Crippen LogP contribution is 2.36. The van der Waals surface area contributed by atoms with Crippen LogP contribution in [0.4, 0.5) is 10.1 Å². The third kappa shape index (κ3) is 5.69. The van der Waals surface area contributed by atoms with Crippen molar-refractivity contribution in [3.05, 3.63) is 109 Å². The van der Waals surface area contributed by atoms with Gasteiger partial charge in [0.05, 0.1) is 16.4 Å². The highest BCUT2D eigenvalue weighted by molar-refractivity contribution is 9.10. The number of amides is 1. The molecule has 0 spiro atoms. The Morgan fingerprint density at radius 1 is 1.12 bits per heavy atom. The first kappa shape index (κ1) is 24.1. The van der Waals surface area contributed by atoms with Gasteiger partial charge in [0.25, 0.3) is 11.6 Å². The van der Waals surface area contributed by atoms with Crippen LogP contribution in [0.15, 0.2) is 76.1 Å². The second kappa shape index (κ2) is 10.5. The van der Waals surface area contributed by atoms with Crippen LogP contribution in [0.5, 0.6) is 5.75 Å². The lowest BCUT2D eigenvalue weighted by Gasteiger charge is -2.14. The average molecular weight is 559 g/mol. The Morgan fingerprint density at radius 3 is 2.62 bits per heavy atom. The van der Waals surface area contributed by atoms with Crippen LogP contribution in [-0.2, 0) is 17.9 Å². The zero-order valence-electron chi connectivity index (χ0n) is 17.4. The molecule has 1 amide bonds. The largest absolute Gasteiger partial charge is 0.488 e. The molecule has 34 heavy (non-hydrogen) atoms. The lowest BCUT2D eigenvalue weighted by molar-refractivity contribution is -0.384. The van der Waals surface area contributed by atoms with Gasteiger partial charge in [-0.3, -0.25) is 19.8 Å². The van der Waals surface area contributed by atoms with Gasteiger partial charge in [-0.2, -0.15) is 0 Å². The second-order valence-corrected chi connectivity index (χ2v) is 9.88. The summed E-state index contributed by atoms with van der Waals surface area (Å²) in [6, 6.07) is 17.5. The molecule has 0 saturated carbocycles. The van der Waals surface area contributed by atoms with Crippen LogP contribution in [0.25, 0.3) is 6.08 Å². The van der Waals surface area contributed by atoms with E-state index in [1.165, 1.54) is 40.9 Å². The van der Waals surface area contributed by atoms with E-state index < -0.39 is 4.92 Å². The number of rotatable bonds is 7. The maximum Gasteiger partial charge on any atom is 0.269 e. The molecule has 1 heterocycles. The molecule has 0 aliphatic carbocycles. The fraction of sp³-hybridized carbons (Fsp3) is 0.0833. The van der Waals surface area contributed by atoms with Gasteiger partial charge < -0.3 is 4.74 Å². The summed E-state index contributed by atoms with van der Waals surface area (Å²) in [6.07, 6.45) is 1.71. The number of carbonyl (C=O) groups excluding carboxylic acids is 1. The first-order valence-corrected chi connectivity index (χ1v) is 12.0. The Labute approximate surface area is 212 Å². The Bertz CT molecular complexity index is 1310. The van der Waals surface area contributed by atoms with E-state index in [0.29, 0.717) is 26.1 Å². The fourth-order valence-electron chi connectivity index (χ4n) is 3.23. The van der Waals surface area contributed by atoms with E-state index in [2.05, 4.69) is 15.9 Å². The summed E-state index contributed by atoms with van der Waals surface area (Å²) in [5.74, 6) is -0.0798. The summed E-state index contributed by atoms with van der Waals surface area (Å²) in [6.45, 7) is 0.368. The molecule has 0 radical (unpaired) electrons. The van der Waals surface area contributed by atoms with Gasteiger partial charge in [0.1, 0.15) is 22.5 Å². The summed E-state index contributed by atoms with van der Waals surface area (Å²) in [5.41, 5.74) is 2.06.